The fourth-order valence-corrected chi connectivity index (χ4v) is 7.26. The van der Waals surface area contributed by atoms with E-state index in [1.165, 1.54) is 6.07 Å². The summed E-state index contributed by atoms with van der Waals surface area (Å²) in [7, 11) is 0. The lowest BCUT2D eigenvalue weighted by Gasteiger charge is -2.27. The van der Waals surface area contributed by atoms with Crippen molar-refractivity contribution in [3.05, 3.63) is 74.3 Å². The largest absolute Gasteiger partial charge is 0.491 e. The van der Waals surface area contributed by atoms with Gasteiger partial charge >= 0.3 is 17.6 Å². The molecule has 0 aliphatic rings. The molecule has 2 N–H and O–H groups in total. The molecule has 0 heterocycles. The topological polar surface area (TPSA) is 232 Å². The summed E-state index contributed by atoms with van der Waals surface area (Å²) in [5.74, 6) is -2.69. The number of carboxylic acids is 2. The number of alkyl halides is 2. The number of nitro groups is 2. The molecular weight excluding hydrogens is 869 g/mol. The second kappa shape index (κ2) is 27.7. The first-order valence-corrected chi connectivity index (χ1v) is 22.9. The van der Waals surface area contributed by atoms with Gasteiger partial charge in [0.25, 0.3) is 5.69 Å². The van der Waals surface area contributed by atoms with Crippen molar-refractivity contribution >= 4 is 75.0 Å². The zero-order valence-corrected chi connectivity index (χ0v) is 38.8. The summed E-state index contributed by atoms with van der Waals surface area (Å²) in [6.07, 6.45) is 8.19. The second-order valence-electron chi connectivity index (χ2n) is 15.7. The maximum Gasteiger partial charge on any atom is 0.307 e. The van der Waals surface area contributed by atoms with Gasteiger partial charge in [0.05, 0.1) is 46.6 Å². The number of nitrogens with zero attached hydrogens (tertiary/aromatic N) is 7. The van der Waals surface area contributed by atoms with Gasteiger partial charge in [-0.05, 0) is 74.3 Å². The van der Waals surface area contributed by atoms with Crippen LogP contribution in [0.25, 0.3) is 0 Å². The highest BCUT2D eigenvalue weighted by molar-refractivity contribution is 6.19. The van der Waals surface area contributed by atoms with Crippen molar-refractivity contribution < 1.29 is 39.1 Å². The molecule has 0 aromatic heterocycles. The number of aliphatic carboxylic acids is 2. The van der Waals surface area contributed by atoms with Crippen LogP contribution in [0.5, 0.6) is 11.5 Å². The van der Waals surface area contributed by atoms with E-state index in [-0.39, 0.29) is 53.6 Å². The highest BCUT2D eigenvalue weighted by Crippen LogP contribution is 2.43. The Kier molecular flexibility index (Phi) is 22.9. The van der Waals surface area contributed by atoms with E-state index in [4.69, 9.17) is 32.7 Å². The molecule has 64 heavy (non-hydrogen) atoms. The Morgan fingerprint density at radius 1 is 0.672 bits per heavy atom. The average molecular weight is 931 g/mol. The van der Waals surface area contributed by atoms with E-state index in [0.717, 1.165) is 74.8 Å². The molecule has 17 nitrogen and oxygen atoms in total. The summed E-state index contributed by atoms with van der Waals surface area (Å²) in [5.41, 5.74) is 1.27. The summed E-state index contributed by atoms with van der Waals surface area (Å²) in [4.78, 5) is 47.2. The number of hydrogen-bond acceptors (Lipinski definition) is 13. The van der Waals surface area contributed by atoms with Gasteiger partial charge in [-0.25, -0.2) is 0 Å². The number of ether oxygens (including phenoxy) is 2. The van der Waals surface area contributed by atoms with Gasteiger partial charge in [0.15, 0.2) is 5.69 Å². The van der Waals surface area contributed by atoms with Crippen LogP contribution in [0, 0.1) is 50.8 Å². The van der Waals surface area contributed by atoms with Crippen LogP contribution in [0.15, 0.2) is 69.0 Å². The molecule has 0 saturated carbocycles. The molecule has 3 aromatic carbocycles. The smallest absolute Gasteiger partial charge is 0.307 e. The molecule has 0 fully saturated rings. The molecule has 3 aromatic rings. The lowest BCUT2D eigenvalue weighted by molar-refractivity contribution is -0.393. The molecule has 350 valence electrons. The first-order chi connectivity index (χ1) is 30.7. The van der Waals surface area contributed by atoms with E-state index in [9.17, 15) is 40.0 Å². The number of rotatable bonds is 31. The number of nitro benzene ring substituents is 2. The van der Waals surface area contributed by atoms with Crippen molar-refractivity contribution in [2.24, 2.45) is 44.1 Å². The number of aryl methyl sites for hydroxylation is 1. The number of azo groups is 2. The third-order valence-corrected chi connectivity index (χ3v) is 11.8. The Morgan fingerprint density at radius 3 is 1.55 bits per heavy atom. The van der Waals surface area contributed by atoms with Gasteiger partial charge in [-0.15, -0.1) is 38.5 Å². The zero-order chi connectivity index (χ0) is 47.2. The quantitative estimate of drug-likeness (QED) is 0.0266. The van der Waals surface area contributed by atoms with Crippen LogP contribution in [0.3, 0.4) is 0 Å². The van der Waals surface area contributed by atoms with E-state index in [2.05, 4.69) is 48.2 Å². The Bertz CT molecular complexity index is 2050. The minimum Gasteiger partial charge on any atom is -0.491 e. The second-order valence-corrected chi connectivity index (χ2v) is 16.4. The van der Waals surface area contributed by atoms with Crippen LogP contribution in [-0.4, -0.2) is 70.1 Å². The third kappa shape index (κ3) is 16.6. The Hall–Kier alpha value is -5.42. The van der Waals surface area contributed by atoms with Crippen molar-refractivity contribution in [2.45, 2.75) is 98.8 Å². The zero-order valence-electron chi connectivity index (χ0n) is 37.3. The van der Waals surface area contributed by atoms with Crippen molar-refractivity contribution in [1.29, 1.82) is 0 Å². The highest BCUT2D eigenvalue weighted by Gasteiger charge is 2.23. The summed E-state index contributed by atoms with van der Waals surface area (Å²) < 4.78 is 12.9. The number of carbonyl (C=O) groups is 2. The lowest BCUT2D eigenvalue weighted by Crippen LogP contribution is -2.32. The molecule has 0 amide bonds. The predicted octanol–water partition coefficient (Wildman–Crippen LogP) is 13.3. The highest BCUT2D eigenvalue weighted by atomic mass is 35.5. The molecule has 3 rings (SSSR count). The van der Waals surface area contributed by atoms with Gasteiger partial charge in [0.1, 0.15) is 22.9 Å². The Morgan fingerprint density at radius 2 is 1.14 bits per heavy atom. The number of halogens is 2. The minimum absolute atomic E-state index is 0.0680. The Balaban J connectivity index is 2.15. The van der Waals surface area contributed by atoms with Crippen molar-refractivity contribution in [2.75, 3.05) is 43.0 Å². The number of hydrogen-bond donors (Lipinski definition) is 2. The van der Waals surface area contributed by atoms with Gasteiger partial charge < -0.3 is 24.6 Å². The van der Waals surface area contributed by atoms with Gasteiger partial charge in [0, 0.05) is 48.7 Å². The molecule has 0 bridgehead atoms. The maximum absolute atomic E-state index is 11.9. The lowest BCUT2D eigenvalue weighted by atomic mass is 10.0. The van der Waals surface area contributed by atoms with Gasteiger partial charge in [-0.2, -0.15) is 5.11 Å². The van der Waals surface area contributed by atoms with E-state index in [1.807, 2.05) is 24.0 Å². The van der Waals surface area contributed by atoms with Crippen LogP contribution < -0.4 is 14.4 Å². The van der Waals surface area contributed by atoms with Crippen LogP contribution in [0.2, 0.25) is 0 Å². The van der Waals surface area contributed by atoms with Gasteiger partial charge in [-0.3, -0.25) is 29.8 Å². The molecule has 19 heteroatoms. The number of carboxylic acid groups (broad SMARTS) is 2. The predicted molar refractivity (Wildman–Crippen MR) is 248 cm³/mol. The average Bonchev–Trinajstić information content (AvgIpc) is 3.27. The molecule has 4 atom stereocenters. The van der Waals surface area contributed by atoms with Crippen molar-refractivity contribution in [1.82, 2.24) is 0 Å². The number of unbranched alkanes of at least 4 members (excludes halogenated alkanes) is 2. The number of non-ortho nitro benzene ring substituents is 1. The third-order valence-electron chi connectivity index (χ3n) is 11.1. The molecule has 0 radical (unpaired) electrons. The van der Waals surface area contributed by atoms with E-state index >= 15 is 0 Å². The maximum atomic E-state index is 11.9. The summed E-state index contributed by atoms with van der Waals surface area (Å²) in [6, 6.07) is 11.8. The fraction of sp³-hybridized carbons (Fsp3) is 0.556. The first-order valence-electron chi connectivity index (χ1n) is 21.8. The van der Waals surface area contributed by atoms with Crippen LogP contribution >= 0.6 is 23.2 Å². The van der Waals surface area contributed by atoms with E-state index in [0.29, 0.717) is 43.4 Å². The summed E-state index contributed by atoms with van der Waals surface area (Å²) >= 11 is 11.9. The van der Waals surface area contributed by atoms with E-state index < -0.39 is 45.0 Å². The molecule has 4 unspecified atom stereocenters. The Labute approximate surface area is 384 Å². The first kappa shape index (κ1) is 52.9. The fourth-order valence-electron chi connectivity index (χ4n) is 6.68. The van der Waals surface area contributed by atoms with Crippen LogP contribution in [0.4, 0.5) is 39.8 Å². The summed E-state index contributed by atoms with van der Waals surface area (Å²) in [6.45, 7) is 11.6. The standard InChI is InChI=1S/C45H61Cl2N7O10/c1-6-10-12-31(8-3)28-63-42-25-40(51-49-38-17-15-36(53(59)60)23-41(38)54(61)62)43(64-29-32(9-4)13-11-7-2)24-39(42)50-48-37-16-14-35(22-30(37)5)52(20-18-33(26-46)44(55)56)21-19-34(27-47)45(57)58/h14-17,22-25,31-34H,6-13,18-21,26-29H2,1-5H3,(H,55,56)(H,57,58)/b50-48+,51-49+. The molecule has 0 aliphatic heterocycles. The number of anilines is 1. The van der Waals surface area contributed by atoms with E-state index in [1.54, 1.807) is 18.2 Å². The number of benzene rings is 3. The van der Waals surface area contributed by atoms with Crippen LogP contribution in [-0.2, 0) is 9.59 Å². The normalized spacial score (nSPS) is 13.4. The molecule has 0 spiro atoms. The SMILES string of the molecule is CCCCC(CC)COc1cc(/N=N/c2ccc([N+](=O)[O-])cc2[N+](=O)[O-])c(OCC(CC)CCCC)cc1/N=N/c1ccc(N(CCC(CCl)C(=O)O)CCC(CCl)C(=O)O)cc1C. The molecule has 0 saturated heterocycles. The molecule has 0 aliphatic carbocycles. The van der Waals surface area contributed by atoms with Gasteiger partial charge in [0.2, 0.25) is 0 Å². The van der Waals surface area contributed by atoms with Crippen LogP contribution in [0.1, 0.15) is 97.5 Å². The van der Waals surface area contributed by atoms with Gasteiger partial charge in [-0.1, -0.05) is 66.2 Å². The van der Waals surface area contributed by atoms with Crippen molar-refractivity contribution in [3.8, 4) is 11.5 Å². The minimum atomic E-state index is -1.01. The summed E-state index contributed by atoms with van der Waals surface area (Å²) in [5, 5.41) is 60.4. The molecular formula is C45H61Cl2N7O10. The monoisotopic (exact) mass is 929 g/mol. The van der Waals surface area contributed by atoms with Crippen molar-refractivity contribution in [3.63, 3.8) is 0 Å².